The minimum Gasteiger partial charge on any atom is -0.463 e. The molecule has 12 heteroatoms. The first-order valence-corrected chi connectivity index (χ1v) is 12.2. The van der Waals surface area contributed by atoms with E-state index >= 15 is 0 Å². The second kappa shape index (κ2) is 10.4. The third kappa shape index (κ3) is 5.01. The number of aliphatic imine (C=N–C) groups is 1. The number of esters is 1. The van der Waals surface area contributed by atoms with Crippen LogP contribution in [0.3, 0.4) is 0 Å². The zero-order chi connectivity index (χ0) is 26.1. The Balaban J connectivity index is 1.65. The number of ether oxygens (including phenoxy) is 1. The van der Waals surface area contributed by atoms with Crippen LogP contribution in [0.25, 0.3) is 0 Å². The molecule has 0 saturated carbocycles. The van der Waals surface area contributed by atoms with Gasteiger partial charge in [0.1, 0.15) is 0 Å². The van der Waals surface area contributed by atoms with E-state index in [4.69, 9.17) is 28.2 Å². The summed E-state index contributed by atoms with van der Waals surface area (Å²) in [5.74, 6) is -1.27. The number of methoxy groups -OCH3 is 1. The van der Waals surface area contributed by atoms with Crippen LogP contribution in [0.4, 0.5) is 5.69 Å². The topological polar surface area (TPSA) is 117 Å². The molecule has 3 atom stereocenters. The van der Waals surface area contributed by atoms with Gasteiger partial charge in [0, 0.05) is 24.2 Å². The number of anilines is 1. The number of halogens is 2. The van der Waals surface area contributed by atoms with Gasteiger partial charge in [-0.3, -0.25) is 9.59 Å². The van der Waals surface area contributed by atoms with Gasteiger partial charge in [0.2, 0.25) is 17.7 Å². The van der Waals surface area contributed by atoms with E-state index < -0.39 is 17.9 Å². The van der Waals surface area contributed by atoms with E-state index in [0.717, 1.165) is 0 Å². The maximum Gasteiger partial charge on any atom is 0.376 e. The Morgan fingerprint density at radius 1 is 1.17 bits per heavy atom. The van der Waals surface area contributed by atoms with E-state index in [0.29, 0.717) is 33.7 Å². The molecule has 10 nitrogen and oxygen atoms in total. The number of carbonyl (C=O) groups is 3. The molecule has 190 valence electrons. The van der Waals surface area contributed by atoms with Crippen molar-refractivity contribution in [1.29, 1.82) is 0 Å². The predicted molar refractivity (Wildman–Crippen MR) is 135 cm³/mol. The number of nitrogens with one attached hydrogen (secondary N) is 1. The Hall–Kier alpha value is -3.24. The Bertz CT molecular complexity index is 1220. The summed E-state index contributed by atoms with van der Waals surface area (Å²) in [6.45, 7) is 6.03. The van der Waals surface area contributed by atoms with E-state index in [1.54, 1.807) is 23.1 Å². The molecule has 1 saturated heterocycles. The van der Waals surface area contributed by atoms with Gasteiger partial charge in [-0.1, -0.05) is 23.2 Å². The van der Waals surface area contributed by atoms with Crippen molar-refractivity contribution in [2.24, 2.45) is 10.9 Å². The fourth-order valence-electron chi connectivity index (χ4n) is 4.36. The fraction of sp³-hybridized carbons (Fsp3) is 0.417. The van der Waals surface area contributed by atoms with Gasteiger partial charge in [0.05, 0.1) is 47.2 Å². The summed E-state index contributed by atoms with van der Waals surface area (Å²) in [4.78, 5) is 54.8. The Labute approximate surface area is 218 Å². The summed E-state index contributed by atoms with van der Waals surface area (Å²) in [7, 11) is 1.24. The summed E-state index contributed by atoms with van der Waals surface area (Å²) in [6.07, 6.45) is 3.20. The molecule has 36 heavy (non-hydrogen) atoms. The summed E-state index contributed by atoms with van der Waals surface area (Å²) < 4.78 is 4.65. The summed E-state index contributed by atoms with van der Waals surface area (Å²) in [6, 6.07) is 4.09. The number of aromatic nitrogens is 2. The molecule has 2 unspecified atom stereocenters. The number of guanidine groups is 1. The second-order valence-electron chi connectivity index (χ2n) is 9.03. The lowest BCUT2D eigenvalue weighted by Gasteiger charge is -2.45. The minimum atomic E-state index is -0.673. The largest absolute Gasteiger partial charge is 0.463 e. The molecule has 0 bridgehead atoms. The molecule has 2 aliphatic rings. The molecule has 0 spiro atoms. The number of piperidine rings is 1. The van der Waals surface area contributed by atoms with Crippen molar-refractivity contribution in [3.8, 4) is 0 Å². The number of rotatable bonds is 4. The van der Waals surface area contributed by atoms with E-state index in [1.807, 2.05) is 20.8 Å². The fourth-order valence-corrected chi connectivity index (χ4v) is 4.66. The zero-order valence-corrected chi connectivity index (χ0v) is 21.7. The van der Waals surface area contributed by atoms with Crippen LogP contribution in [0.2, 0.25) is 10.0 Å². The summed E-state index contributed by atoms with van der Waals surface area (Å²) in [5.41, 5.74) is 0.797. The van der Waals surface area contributed by atoms with Crippen LogP contribution in [0.15, 0.2) is 35.6 Å². The molecule has 1 aromatic carbocycles. The lowest BCUT2D eigenvalue weighted by molar-refractivity contribution is -0.124. The van der Waals surface area contributed by atoms with Crippen LogP contribution in [-0.2, 0) is 9.53 Å². The van der Waals surface area contributed by atoms with Crippen molar-refractivity contribution in [3.63, 3.8) is 0 Å². The first-order valence-electron chi connectivity index (χ1n) is 11.4. The molecular weight excluding hydrogens is 507 g/mol. The van der Waals surface area contributed by atoms with E-state index in [-0.39, 0.29) is 36.3 Å². The van der Waals surface area contributed by atoms with E-state index in [2.05, 4.69) is 20.0 Å². The summed E-state index contributed by atoms with van der Waals surface area (Å²) >= 11 is 12.1. The van der Waals surface area contributed by atoms with Crippen LogP contribution < -0.4 is 10.2 Å². The van der Waals surface area contributed by atoms with E-state index in [1.165, 1.54) is 24.4 Å². The summed E-state index contributed by atoms with van der Waals surface area (Å²) in [5, 5.41) is 3.89. The van der Waals surface area contributed by atoms with E-state index in [9.17, 15) is 14.4 Å². The number of likely N-dealkylation sites (tertiary alicyclic amines) is 1. The van der Waals surface area contributed by atoms with Crippen LogP contribution in [0.5, 0.6) is 0 Å². The Morgan fingerprint density at radius 3 is 2.47 bits per heavy atom. The van der Waals surface area contributed by atoms with Gasteiger partial charge in [0.25, 0.3) is 5.91 Å². The average molecular weight is 533 g/mol. The predicted octanol–water partition coefficient (Wildman–Crippen LogP) is 3.19. The first-order chi connectivity index (χ1) is 17.1. The quantitative estimate of drug-likeness (QED) is 0.600. The maximum atomic E-state index is 13.7. The van der Waals surface area contributed by atoms with Crippen molar-refractivity contribution in [1.82, 2.24) is 20.2 Å². The van der Waals surface area contributed by atoms with Gasteiger partial charge >= 0.3 is 5.97 Å². The highest BCUT2D eigenvalue weighted by atomic mass is 35.5. The number of carbonyl (C=O) groups excluding carboxylic acids is 3. The average Bonchev–Trinajstić information content (AvgIpc) is 2.85. The lowest BCUT2D eigenvalue weighted by Crippen LogP contribution is -2.61. The standard InChI is InChI=1S/C24H26Cl2N6O4/c1-12(2)29-24-30-19-11-31(21(33)14-5-6-17(25)18(26)8-14)13(3)7-16(19)22(34)32(24)15-9-27-20(28-10-15)23(35)36-4/h5-6,8-10,12-13,16,19H,7,11H2,1-4H3,(H,29,30)/t13-,16?,19?/m1/s1. The molecule has 2 aliphatic heterocycles. The normalized spacial score (nSPS) is 21.7. The monoisotopic (exact) mass is 532 g/mol. The highest BCUT2D eigenvalue weighted by Crippen LogP contribution is 2.33. The molecule has 0 radical (unpaired) electrons. The molecular formula is C24H26Cl2N6O4. The van der Waals surface area contributed by atoms with Crippen molar-refractivity contribution in [2.75, 3.05) is 18.6 Å². The van der Waals surface area contributed by atoms with Crippen LogP contribution in [-0.4, -0.2) is 70.4 Å². The highest BCUT2D eigenvalue weighted by molar-refractivity contribution is 6.42. The molecule has 3 heterocycles. The van der Waals surface area contributed by atoms with Crippen molar-refractivity contribution >= 4 is 52.6 Å². The Morgan fingerprint density at radius 2 is 1.86 bits per heavy atom. The molecule has 2 aromatic rings. The number of hydrogen-bond donors (Lipinski definition) is 1. The smallest absolute Gasteiger partial charge is 0.376 e. The van der Waals surface area contributed by atoms with Crippen molar-refractivity contribution in [2.45, 2.75) is 45.3 Å². The number of fused-ring (bicyclic) bond motifs is 1. The third-order valence-electron chi connectivity index (χ3n) is 6.12. The molecule has 1 N–H and O–H groups in total. The molecule has 0 aliphatic carbocycles. The van der Waals surface area contributed by atoms with Gasteiger partial charge in [-0.2, -0.15) is 0 Å². The van der Waals surface area contributed by atoms with Crippen LogP contribution in [0, 0.1) is 5.92 Å². The first kappa shape index (κ1) is 25.8. The van der Waals surface area contributed by atoms with Crippen molar-refractivity contribution in [3.05, 3.63) is 52.0 Å². The second-order valence-corrected chi connectivity index (χ2v) is 9.84. The third-order valence-corrected chi connectivity index (χ3v) is 6.86. The number of amides is 2. The van der Waals surface area contributed by atoms with Gasteiger partial charge in [-0.25, -0.2) is 24.7 Å². The number of nitrogens with zero attached hydrogens (tertiary/aromatic N) is 5. The van der Waals surface area contributed by atoms with Gasteiger partial charge in [-0.15, -0.1) is 0 Å². The number of hydrogen-bond acceptors (Lipinski definition) is 8. The molecule has 2 amide bonds. The van der Waals surface area contributed by atoms with Gasteiger partial charge in [0.15, 0.2) is 0 Å². The van der Waals surface area contributed by atoms with Crippen LogP contribution >= 0.6 is 23.2 Å². The van der Waals surface area contributed by atoms with Gasteiger partial charge in [-0.05, 0) is 45.4 Å². The van der Waals surface area contributed by atoms with Crippen molar-refractivity contribution < 1.29 is 19.1 Å². The van der Waals surface area contributed by atoms with Gasteiger partial charge < -0.3 is 15.0 Å². The minimum absolute atomic E-state index is 0.0256. The molecule has 4 rings (SSSR count). The number of benzene rings is 1. The molecule has 1 fully saturated rings. The highest BCUT2D eigenvalue weighted by Gasteiger charge is 2.46. The Kier molecular flexibility index (Phi) is 7.46. The SMILES string of the molecule is COC(=O)c1ncc(N2C(=O)C3C[C@@H](C)N(C(=O)c4ccc(Cl)c(Cl)c4)CC3N=C2NC(C)C)cn1. The zero-order valence-electron chi connectivity index (χ0n) is 20.2. The lowest BCUT2D eigenvalue weighted by atomic mass is 9.85. The molecule has 1 aromatic heterocycles. The maximum absolute atomic E-state index is 13.7. The van der Waals surface area contributed by atoms with Crippen LogP contribution in [0.1, 0.15) is 48.2 Å².